The first-order chi connectivity index (χ1) is 11.5. The van der Waals surface area contributed by atoms with Gasteiger partial charge < -0.3 is 14.6 Å². The zero-order chi connectivity index (χ0) is 17.3. The molecule has 0 radical (unpaired) electrons. The molecule has 0 saturated heterocycles. The second-order valence-corrected chi connectivity index (χ2v) is 5.90. The molecule has 2 N–H and O–H groups in total. The third-order valence-corrected chi connectivity index (χ3v) is 3.87. The summed E-state index contributed by atoms with van der Waals surface area (Å²) < 4.78 is 5.86. The van der Waals surface area contributed by atoms with E-state index < -0.39 is 11.2 Å². The lowest BCUT2D eigenvalue weighted by molar-refractivity contribution is 0.445. The van der Waals surface area contributed by atoms with Crippen molar-refractivity contribution in [2.75, 3.05) is 0 Å². The molecule has 0 spiro atoms. The molecule has 0 aliphatic heterocycles. The molecule has 4 heteroatoms. The van der Waals surface area contributed by atoms with Crippen molar-refractivity contribution in [2.45, 2.75) is 20.3 Å². The molecule has 0 amide bonds. The Morgan fingerprint density at radius 2 is 1.79 bits per heavy atom. The summed E-state index contributed by atoms with van der Waals surface area (Å²) in [4.78, 5) is 12.5. The first-order valence-corrected chi connectivity index (χ1v) is 7.68. The quantitative estimate of drug-likeness (QED) is 0.702. The third-order valence-electron chi connectivity index (χ3n) is 3.87. The summed E-state index contributed by atoms with van der Waals surface area (Å²) in [6.45, 7) is 3.92. The van der Waals surface area contributed by atoms with E-state index in [1.165, 1.54) is 12.1 Å². The van der Waals surface area contributed by atoms with Gasteiger partial charge in [0, 0.05) is 11.1 Å². The molecule has 0 unspecified atom stereocenters. The van der Waals surface area contributed by atoms with Crippen LogP contribution in [0.15, 0.2) is 63.3 Å². The molecule has 0 saturated carbocycles. The minimum absolute atomic E-state index is 0.0628. The van der Waals surface area contributed by atoms with Gasteiger partial charge in [0.25, 0.3) is 0 Å². The van der Waals surface area contributed by atoms with Gasteiger partial charge in [0.2, 0.25) is 11.2 Å². The van der Waals surface area contributed by atoms with Crippen LogP contribution in [0.25, 0.3) is 22.3 Å². The summed E-state index contributed by atoms with van der Waals surface area (Å²) >= 11 is 0. The molecule has 0 aliphatic carbocycles. The molecule has 1 heterocycles. The lowest BCUT2D eigenvalue weighted by Gasteiger charge is -2.10. The van der Waals surface area contributed by atoms with Crippen molar-refractivity contribution in [3.8, 4) is 22.8 Å². The number of fused-ring (bicyclic) bond motifs is 1. The third kappa shape index (κ3) is 2.78. The first kappa shape index (κ1) is 15.9. The molecule has 0 bridgehead atoms. The van der Waals surface area contributed by atoms with Crippen molar-refractivity contribution in [2.24, 2.45) is 0 Å². The average molecular weight is 322 g/mol. The van der Waals surface area contributed by atoms with Crippen LogP contribution in [0, 0.1) is 0 Å². The van der Waals surface area contributed by atoms with E-state index in [-0.39, 0.29) is 16.9 Å². The Hall–Kier alpha value is -3.01. The molecular formula is C20H18O4. The summed E-state index contributed by atoms with van der Waals surface area (Å²) in [6.07, 6.45) is 2.39. The van der Waals surface area contributed by atoms with Crippen LogP contribution >= 0.6 is 0 Å². The average Bonchev–Trinajstić information content (AvgIpc) is 2.57. The van der Waals surface area contributed by atoms with Gasteiger partial charge in [-0.15, -0.1) is 0 Å². The van der Waals surface area contributed by atoms with Crippen molar-refractivity contribution in [1.82, 2.24) is 0 Å². The van der Waals surface area contributed by atoms with Crippen molar-refractivity contribution in [3.05, 3.63) is 69.9 Å². The summed E-state index contributed by atoms with van der Waals surface area (Å²) in [7, 11) is 0. The SMILES string of the molecule is CC(C)=CCc1c(O)ccc2c(=O)c(O)c(-c3ccccc3)oc12. The summed E-state index contributed by atoms with van der Waals surface area (Å²) in [5.41, 5.74) is 2.02. The highest BCUT2D eigenvalue weighted by Gasteiger charge is 2.18. The Bertz CT molecular complexity index is 978. The number of hydrogen-bond acceptors (Lipinski definition) is 4. The minimum Gasteiger partial charge on any atom is -0.508 e. The highest BCUT2D eigenvalue weighted by atomic mass is 16.4. The van der Waals surface area contributed by atoms with Crippen LogP contribution in [-0.4, -0.2) is 10.2 Å². The van der Waals surface area contributed by atoms with Crippen molar-refractivity contribution >= 4 is 11.0 Å². The van der Waals surface area contributed by atoms with Gasteiger partial charge >= 0.3 is 0 Å². The molecule has 1 aromatic heterocycles. The van der Waals surface area contributed by atoms with Gasteiger partial charge in [0.05, 0.1) is 5.39 Å². The van der Waals surface area contributed by atoms with Crippen LogP contribution in [0.1, 0.15) is 19.4 Å². The van der Waals surface area contributed by atoms with E-state index in [1.807, 2.05) is 26.0 Å². The number of phenolic OH excluding ortho intramolecular Hbond substituents is 1. The van der Waals surface area contributed by atoms with Crippen LogP contribution in [0.3, 0.4) is 0 Å². The maximum Gasteiger partial charge on any atom is 0.235 e. The van der Waals surface area contributed by atoms with E-state index in [0.717, 1.165) is 5.57 Å². The maximum atomic E-state index is 12.5. The predicted molar refractivity (Wildman–Crippen MR) is 94.4 cm³/mol. The lowest BCUT2D eigenvalue weighted by Crippen LogP contribution is -2.04. The molecule has 0 fully saturated rings. The van der Waals surface area contributed by atoms with Gasteiger partial charge in [0.15, 0.2) is 5.76 Å². The monoisotopic (exact) mass is 322 g/mol. The molecule has 0 atom stereocenters. The smallest absolute Gasteiger partial charge is 0.235 e. The van der Waals surface area contributed by atoms with Gasteiger partial charge in [-0.1, -0.05) is 42.0 Å². The summed E-state index contributed by atoms with van der Waals surface area (Å²) in [5.74, 6) is -0.252. The fourth-order valence-corrected chi connectivity index (χ4v) is 2.58. The van der Waals surface area contributed by atoms with Crippen LogP contribution < -0.4 is 5.43 Å². The minimum atomic E-state index is -0.506. The highest BCUT2D eigenvalue weighted by Crippen LogP contribution is 2.34. The largest absolute Gasteiger partial charge is 0.508 e. The van der Waals surface area contributed by atoms with Crippen molar-refractivity contribution in [1.29, 1.82) is 0 Å². The van der Waals surface area contributed by atoms with Crippen LogP contribution in [0.4, 0.5) is 0 Å². The van der Waals surface area contributed by atoms with E-state index in [9.17, 15) is 15.0 Å². The van der Waals surface area contributed by atoms with Crippen molar-refractivity contribution in [3.63, 3.8) is 0 Å². The number of rotatable bonds is 3. The second-order valence-electron chi connectivity index (χ2n) is 5.90. The van der Waals surface area contributed by atoms with Gasteiger partial charge in [-0.05, 0) is 32.4 Å². The number of benzene rings is 2. The van der Waals surface area contributed by atoms with Gasteiger partial charge in [0.1, 0.15) is 11.3 Å². The zero-order valence-corrected chi connectivity index (χ0v) is 13.5. The Balaban J connectivity index is 2.34. The van der Waals surface area contributed by atoms with Crippen LogP contribution in [-0.2, 0) is 6.42 Å². The maximum absolute atomic E-state index is 12.5. The first-order valence-electron chi connectivity index (χ1n) is 7.68. The van der Waals surface area contributed by atoms with E-state index in [0.29, 0.717) is 23.1 Å². The molecule has 3 rings (SSSR count). The van der Waals surface area contributed by atoms with E-state index in [4.69, 9.17) is 4.42 Å². The Labute approximate surface area is 139 Å². The molecule has 0 aliphatic rings. The second kappa shape index (κ2) is 6.24. The normalized spacial score (nSPS) is 10.8. The van der Waals surface area contributed by atoms with Crippen molar-refractivity contribution < 1.29 is 14.6 Å². The van der Waals surface area contributed by atoms with E-state index >= 15 is 0 Å². The van der Waals surface area contributed by atoms with E-state index in [1.54, 1.807) is 24.3 Å². The van der Waals surface area contributed by atoms with E-state index in [2.05, 4.69) is 0 Å². The Kier molecular flexibility index (Phi) is 4.13. The number of aromatic hydroxyl groups is 2. The number of allylic oxidation sites excluding steroid dienone is 2. The lowest BCUT2D eigenvalue weighted by atomic mass is 10.0. The number of hydrogen-bond donors (Lipinski definition) is 2. The fraction of sp³-hybridized carbons (Fsp3) is 0.150. The standard InChI is InChI=1S/C20H18O4/c1-12(2)8-9-14-16(21)11-10-15-17(22)18(23)19(24-20(14)15)13-6-4-3-5-7-13/h3-8,10-11,21,23H,9H2,1-2H3. The van der Waals surface area contributed by atoms with Crippen LogP contribution in [0.5, 0.6) is 11.5 Å². The summed E-state index contributed by atoms with van der Waals surface area (Å²) in [5, 5.41) is 20.7. The highest BCUT2D eigenvalue weighted by molar-refractivity contribution is 5.86. The molecule has 3 aromatic rings. The topological polar surface area (TPSA) is 70.7 Å². The Morgan fingerprint density at radius 1 is 1.08 bits per heavy atom. The molecular weight excluding hydrogens is 304 g/mol. The van der Waals surface area contributed by atoms with Gasteiger partial charge in [-0.2, -0.15) is 0 Å². The number of phenols is 1. The fourth-order valence-electron chi connectivity index (χ4n) is 2.58. The van der Waals surface area contributed by atoms with Gasteiger partial charge in [-0.25, -0.2) is 0 Å². The predicted octanol–water partition coefficient (Wildman–Crippen LogP) is 4.38. The zero-order valence-electron chi connectivity index (χ0n) is 13.5. The Morgan fingerprint density at radius 3 is 2.46 bits per heavy atom. The van der Waals surface area contributed by atoms with Crippen LogP contribution in [0.2, 0.25) is 0 Å². The van der Waals surface area contributed by atoms with Gasteiger partial charge in [-0.3, -0.25) is 4.79 Å². The molecule has 2 aromatic carbocycles. The molecule has 122 valence electrons. The summed E-state index contributed by atoms with van der Waals surface area (Å²) in [6, 6.07) is 11.9. The molecule has 24 heavy (non-hydrogen) atoms. The molecule has 4 nitrogen and oxygen atoms in total.